The van der Waals surface area contributed by atoms with Crippen molar-refractivity contribution in [1.29, 1.82) is 0 Å². The lowest BCUT2D eigenvalue weighted by atomic mass is 10.1. The SMILES string of the molecule is CC[C@@H]1c2nncn2-c2c(C)nc(-n3ccnc3-c3cccnc3)nc2N1C(C)C. The molecule has 9 heteroatoms. The van der Waals surface area contributed by atoms with Crippen molar-refractivity contribution in [2.24, 2.45) is 0 Å². The summed E-state index contributed by atoms with van der Waals surface area (Å²) in [7, 11) is 0. The predicted molar refractivity (Wildman–Crippen MR) is 113 cm³/mol. The summed E-state index contributed by atoms with van der Waals surface area (Å²) in [6, 6.07) is 4.21. The molecule has 0 amide bonds. The lowest BCUT2D eigenvalue weighted by Crippen LogP contribution is -2.41. The molecular formula is C21H23N9. The molecule has 0 bridgehead atoms. The number of hydrogen-bond acceptors (Lipinski definition) is 7. The summed E-state index contributed by atoms with van der Waals surface area (Å²) in [6.45, 7) is 8.51. The van der Waals surface area contributed by atoms with Crippen LogP contribution in [0, 0.1) is 6.92 Å². The van der Waals surface area contributed by atoms with Crippen LogP contribution in [-0.4, -0.2) is 45.3 Å². The van der Waals surface area contributed by atoms with Crippen LogP contribution in [0.1, 0.15) is 44.8 Å². The fourth-order valence-electron chi connectivity index (χ4n) is 4.18. The molecule has 152 valence electrons. The minimum Gasteiger partial charge on any atom is -0.342 e. The summed E-state index contributed by atoms with van der Waals surface area (Å²) in [6.07, 6.45) is 9.84. The van der Waals surface area contributed by atoms with E-state index in [9.17, 15) is 0 Å². The summed E-state index contributed by atoms with van der Waals surface area (Å²) in [5.74, 6) is 3.15. The quantitative estimate of drug-likeness (QED) is 0.518. The first-order valence-electron chi connectivity index (χ1n) is 10.1. The van der Waals surface area contributed by atoms with Crippen molar-refractivity contribution in [3.63, 3.8) is 0 Å². The van der Waals surface area contributed by atoms with Gasteiger partial charge in [-0.15, -0.1) is 10.2 Å². The Labute approximate surface area is 174 Å². The van der Waals surface area contributed by atoms with Crippen LogP contribution in [0.25, 0.3) is 23.0 Å². The van der Waals surface area contributed by atoms with Crippen molar-refractivity contribution in [2.45, 2.75) is 46.2 Å². The van der Waals surface area contributed by atoms with Crippen LogP contribution in [0.4, 0.5) is 5.82 Å². The van der Waals surface area contributed by atoms with Crippen molar-refractivity contribution in [2.75, 3.05) is 4.90 Å². The number of nitrogens with zero attached hydrogens (tertiary/aromatic N) is 9. The molecule has 0 N–H and O–H groups in total. The largest absolute Gasteiger partial charge is 0.342 e. The molecule has 4 aromatic heterocycles. The van der Waals surface area contributed by atoms with E-state index in [0.29, 0.717) is 5.95 Å². The van der Waals surface area contributed by atoms with Gasteiger partial charge in [-0.05, 0) is 39.3 Å². The van der Waals surface area contributed by atoms with Crippen LogP contribution in [0.5, 0.6) is 0 Å². The van der Waals surface area contributed by atoms with Gasteiger partial charge < -0.3 is 4.90 Å². The molecule has 0 aliphatic carbocycles. The normalized spacial score (nSPS) is 15.4. The third kappa shape index (κ3) is 2.69. The zero-order chi connectivity index (χ0) is 20.8. The standard InChI is InChI=1S/C21H23N9/c1-5-16-19-27-24-12-29(19)17-14(4)25-21(26-20(17)30(16)13(2)3)28-10-9-23-18(28)15-7-6-8-22-11-15/h6-13,16H,5H2,1-4H3/t16-/m1/s1. The third-order valence-electron chi connectivity index (χ3n) is 5.44. The predicted octanol–water partition coefficient (Wildman–Crippen LogP) is 3.29. The van der Waals surface area contributed by atoms with Crippen LogP contribution in [0.15, 0.2) is 43.2 Å². The number of rotatable bonds is 4. The number of aromatic nitrogens is 8. The lowest BCUT2D eigenvalue weighted by molar-refractivity contribution is 0.496. The minimum absolute atomic E-state index is 0.0998. The van der Waals surface area contributed by atoms with Gasteiger partial charge in [-0.3, -0.25) is 14.1 Å². The maximum atomic E-state index is 5.02. The van der Waals surface area contributed by atoms with E-state index in [1.165, 1.54) is 0 Å². The molecular weight excluding hydrogens is 378 g/mol. The highest BCUT2D eigenvalue weighted by Gasteiger charge is 2.36. The van der Waals surface area contributed by atoms with Gasteiger partial charge in [0.2, 0.25) is 5.95 Å². The molecule has 0 saturated carbocycles. The van der Waals surface area contributed by atoms with Crippen LogP contribution in [0.2, 0.25) is 0 Å². The van der Waals surface area contributed by atoms with Crippen LogP contribution < -0.4 is 4.90 Å². The number of aryl methyl sites for hydroxylation is 1. The highest BCUT2D eigenvalue weighted by molar-refractivity contribution is 5.66. The highest BCUT2D eigenvalue weighted by atomic mass is 15.4. The Morgan fingerprint density at radius 3 is 2.73 bits per heavy atom. The van der Waals surface area contributed by atoms with E-state index in [0.717, 1.165) is 40.8 Å². The molecule has 0 fully saturated rings. The minimum atomic E-state index is 0.0998. The average molecular weight is 401 g/mol. The van der Waals surface area contributed by atoms with Gasteiger partial charge in [0, 0.05) is 36.4 Å². The number of imidazole rings is 1. The van der Waals surface area contributed by atoms with Crippen LogP contribution in [0.3, 0.4) is 0 Å². The van der Waals surface area contributed by atoms with Crippen molar-refractivity contribution >= 4 is 5.82 Å². The van der Waals surface area contributed by atoms with Gasteiger partial charge >= 0.3 is 0 Å². The van der Waals surface area contributed by atoms with Gasteiger partial charge in [0.15, 0.2) is 11.6 Å². The maximum Gasteiger partial charge on any atom is 0.237 e. The second kappa shape index (κ2) is 7.01. The van der Waals surface area contributed by atoms with Crippen molar-refractivity contribution < 1.29 is 0 Å². The Morgan fingerprint density at radius 2 is 2.00 bits per heavy atom. The van der Waals surface area contributed by atoms with Gasteiger partial charge in [0.1, 0.15) is 17.8 Å². The summed E-state index contributed by atoms with van der Waals surface area (Å²) in [5, 5.41) is 8.57. The topological polar surface area (TPSA) is 90.4 Å². The summed E-state index contributed by atoms with van der Waals surface area (Å²) >= 11 is 0. The third-order valence-corrected chi connectivity index (χ3v) is 5.44. The van der Waals surface area contributed by atoms with E-state index in [1.807, 2.05) is 34.4 Å². The van der Waals surface area contributed by atoms with Gasteiger partial charge in [-0.25, -0.2) is 9.97 Å². The first-order valence-corrected chi connectivity index (χ1v) is 10.1. The molecule has 30 heavy (non-hydrogen) atoms. The van der Waals surface area contributed by atoms with E-state index >= 15 is 0 Å². The van der Waals surface area contributed by atoms with Crippen LogP contribution in [-0.2, 0) is 0 Å². The second-order valence-corrected chi connectivity index (χ2v) is 7.63. The summed E-state index contributed by atoms with van der Waals surface area (Å²) in [5.41, 5.74) is 2.71. The first kappa shape index (κ1) is 18.4. The zero-order valence-corrected chi connectivity index (χ0v) is 17.4. The molecule has 0 unspecified atom stereocenters. The molecule has 0 saturated heterocycles. The Bertz CT molecular complexity index is 1190. The van der Waals surface area contributed by atoms with E-state index < -0.39 is 0 Å². The Hall–Kier alpha value is -3.62. The zero-order valence-electron chi connectivity index (χ0n) is 17.4. The molecule has 4 aromatic rings. The molecule has 5 heterocycles. The molecule has 1 aliphatic rings. The van der Waals surface area contributed by atoms with Gasteiger partial charge in [0.05, 0.1) is 11.7 Å². The number of hydrogen-bond donors (Lipinski definition) is 0. The van der Waals surface area contributed by atoms with Gasteiger partial charge in [0.25, 0.3) is 0 Å². The summed E-state index contributed by atoms with van der Waals surface area (Å²) < 4.78 is 3.93. The number of fused-ring (bicyclic) bond motifs is 3. The first-order chi connectivity index (χ1) is 14.6. The molecule has 0 spiro atoms. The molecule has 1 aliphatic heterocycles. The van der Waals surface area contributed by atoms with E-state index in [1.54, 1.807) is 24.9 Å². The monoisotopic (exact) mass is 401 g/mol. The Morgan fingerprint density at radius 1 is 1.13 bits per heavy atom. The smallest absolute Gasteiger partial charge is 0.237 e. The van der Waals surface area contributed by atoms with Crippen molar-refractivity contribution in [3.8, 4) is 23.0 Å². The van der Waals surface area contributed by atoms with E-state index in [4.69, 9.17) is 9.97 Å². The molecule has 5 rings (SSSR count). The molecule has 0 radical (unpaired) electrons. The number of anilines is 1. The van der Waals surface area contributed by atoms with Crippen molar-refractivity contribution in [3.05, 3.63) is 54.8 Å². The Balaban J connectivity index is 1.73. The molecule has 9 nitrogen and oxygen atoms in total. The highest BCUT2D eigenvalue weighted by Crippen LogP contribution is 2.40. The molecule has 0 aromatic carbocycles. The van der Waals surface area contributed by atoms with Gasteiger partial charge in [-0.1, -0.05) is 6.92 Å². The van der Waals surface area contributed by atoms with Crippen LogP contribution >= 0.6 is 0 Å². The van der Waals surface area contributed by atoms with E-state index in [2.05, 4.69) is 45.8 Å². The van der Waals surface area contributed by atoms with E-state index in [-0.39, 0.29) is 12.1 Å². The maximum absolute atomic E-state index is 5.02. The second-order valence-electron chi connectivity index (χ2n) is 7.63. The van der Waals surface area contributed by atoms with Gasteiger partial charge in [-0.2, -0.15) is 4.98 Å². The fourth-order valence-corrected chi connectivity index (χ4v) is 4.18. The summed E-state index contributed by atoms with van der Waals surface area (Å²) in [4.78, 5) is 20.9. The molecule has 1 atom stereocenters. The lowest BCUT2D eigenvalue weighted by Gasteiger charge is -2.40. The number of pyridine rings is 1. The fraction of sp³-hybridized carbons (Fsp3) is 0.333. The Kier molecular flexibility index (Phi) is 4.30. The average Bonchev–Trinajstić information content (AvgIpc) is 3.42. The van der Waals surface area contributed by atoms with Crippen molar-refractivity contribution in [1.82, 2.24) is 39.3 Å².